The fraction of sp³-hybridized carbons (Fsp3) is 0.200. The molecule has 0 saturated heterocycles. The summed E-state index contributed by atoms with van der Waals surface area (Å²) in [7, 11) is 3.22. The van der Waals surface area contributed by atoms with Crippen LogP contribution >= 0.6 is 11.6 Å². The molecule has 2 aromatic carbocycles. The summed E-state index contributed by atoms with van der Waals surface area (Å²) in [6.07, 6.45) is 0. The van der Waals surface area contributed by atoms with Gasteiger partial charge in [-0.1, -0.05) is 29.8 Å². The number of halogens is 1. The van der Waals surface area contributed by atoms with Gasteiger partial charge in [-0.3, -0.25) is 0 Å². The van der Waals surface area contributed by atoms with E-state index in [1.54, 1.807) is 14.2 Å². The Kier molecular flexibility index (Phi) is 4.30. The quantitative estimate of drug-likeness (QED) is 0.930. The molecule has 3 nitrogen and oxygen atoms in total. The van der Waals surface area contributed by atoms with Gasteiger partial charge in [-0.2, -0.15) is 0 Å². The molecule has 2 aromatic rings. The summed E-state index contributed by atoms with van der Waals surface area (Å²) in [6.45, 7) is 0.428. The van der Waals surface area contributed by atoms with E-state index in [-0.39, 0.29) is 0 Å². The highest BCUT2D eigenvalue weighted by Crippen LogP contribution is 2.41. The fourth-order valence-corrected chi connectivity index (χ4v) is 2.26. The smallest absolute Gasteiger partial charge is 0.168 e. The maximum atomic E-state index is 6.25. The molecule has 19 heavy (non-hydrogen) atoms. The normalized spacial score (nSPS) is 10.3. The van der Waals surface area contributed by atoms with Crippen LogP contribution in [0.3, 0.4) is 0 Å². The van der Waals surface area contributed by atoms with Crippen LogP contribution in [0.1, 0.15) is 5.56 Å². The number of hydrogen-bond donors (Lipinski definition) is 1. The Morgan fingerprint density at radius 3 is 2.37 bits per heavy atom. The summed E-state index contributed by atoms with van der Waals surface area (Å²) in [4.78, 5) is 0. The first-order valence-electron chi connectivity index (χ1n) is 5.91. The van der Waals surface area contributed by atoms with Crippen molar-refractivity contribution in [3.63, 3.8) is 0 Å². The van der Waals surface area contributed by atoms with Crippen molar-refractivity contribution >= 4 is 11.6 Å². The second-order valence-corrected chi connectivity index (χ2v) is 4.47. The molecule has 0 amide bonds. The Morgan fingerprint density at radius 1 is 1.05 bits per heavy atom. The van der Waals surface area contributed by atoms with Gasteiger partial charge in [-0.15, -0.1) is 0 Å². The number of benzene rings is 2. The highest BCUT2D eigenvalue weighted by molar-refractivity contribution is 6.33. The zero-order valence-electron chi connectivity index (χ0n) is 10.9. The standard InChI is InChI=1S/C15H16ClNO2/c1-18-14-8-10(9-17)7-12(15(14)19-2)11-5-3-4-6-13(11)16/h3-8H,9,17H2,1-2H3. The monoisotopic (exact) mass is 277 g/mol. The van der Waals surface area contributed by atoms with Crippen molar-refractivity contribution in [2.45, 2.75) is 6.54 Å². The number of nitrogens with two attached hydrogens (primary N) is 1. The van der Waals surface area contributed by atoms with Crippen LogP contribution < -0.4 is 15.2 Å². The number of methoxy groups -OCH3 is 2. The molecule has 0 fully saturated rings. The Balaban J connectivity index is 2.70. The van der Waals surface area contributed by atoms with Crippen LogP contribution in [0.5, 0.6) is 11.5 Å². The molecule has 100 valence electrons. The minimum Gasteiger partial charge on any atom is -0.493 e. The summed E-state index contributed by atoms with van der Waals surface area (Å²) < 4.78 is 10.8. The van der Waals surface area contributed by atoms with E-state index in [1.165, 1.54) is 0 Å². The number of ether oxygens (including phenoxy) is 2. The minimum atomic E-state index is 0.428. The van der Waals surface area contributed by atoms with Crippen molar-refractivity contribution in [2.24, 2.45) is 5.73 Å². The maximum Gasteiger partial charge on any atom is 0.168 e. The topological polar surface area (TPSA) is 44.5 Å². The highest BCUT2D eigenvalue weighted by Gasteiger charge is 2.15. The highest BCUT2D eigenvalue weighted by atomic mass is 35.5. The van der Waals surface area contributed by atoms with Gasteiger partial charge >= 0.3 is 0 Å². The Hall–Kier alpha value is -1.71. The molecule has 2 N–H and O–H groups in total. The molecule has 0 aromatic heterocycles. The summed E-state index contributed by atoms with van der Waals surface area (Å²) in [5.41, 5.74) is 8.47. The Morgan fingerprint density at radius 2 is 1.79 bits per heavy atom. The van der Waals surface area contributed by atoms with E-state index >= 15 is 0 Å². The molecule has 2 rings (SSSR count). The maximum absolute atomic E-state index is 6.25. The zero-order chi connectivity index (χ0) is 13.8. The molecular formula is C15H16ClNO2. The molecule has 0 radical (unpaired) electrons. The van der Waals surface area contributed by atoms with Crippen LogP contribution in [0.15, 0.2) is 36.4 Å². The Bertz CT molecular complexity index is 584. The molecule has 0 spiro atoms. The first-order chi connectivity index (χ1) is 9.21. The third kappa shape index (κ3) is 2.67. The Labute approximate surface area is 117 Å². The van der Waals surface area contributed by atoms with Crippen molar-refractivity contribution in [3.8, 4) is 22.6 Å². The minimum absolute atomic E-state index is 0.428. The van der Waals surface area contributed by atoms with Crippen LogP contribution in [0.25, 0.3) is 11.1 Å². The van der Waals surface area contributed by atoms with E-state index in [1.807, 2.05) is 36.4 Å². The van der Waals surface area contributed by atoms with Crippen LogP contribution in [0, 0.1) is 0 Å². The SMILES string of the molecule is COc1cc(CN)cc(-c2ccccc2Cl)c1OC. The van der Waals surface area contributed by atoms with Gasteiger partial charge in [0.2, 0.25) is 0 Å². The lowest BCUT2D eigenvalue weighted by atomic mass is 10.0. The van der Waals surface area contributed by atoms with Gasteiger partial charge < -0.3 is 15.2 Å². The van der Waals surface area contributed by atoms with Crippen LogP contribution in [0.4, 0.5) is 0 Å². The number of hydrogen-bond acceptors (Lipinski definition) is 3. The largest absolute Gasteiger partial charge is 0.493 e. The van der Waals surface area contributed by atoms with Crippen molar-refractivity contribution < 1.29 is 9.47 Å². The second-order valence-electron chi connectivity index (χ2n) is 4.06. The first kappa shape index (κ1) is 13.7. The molecule has 0 heterocycles. The van der Waals surface area contributed by atoms with Gasteiger partial charge in [-0.25, -0.2) is 0 Å². The lowest BCUT2D eigenvalue weighted by Crippen LogP contribution is -2.00. The summed E-state index contributed by atoms with van der Waals surface area (Å²) >= 11 is 6.25. The van der Waals surface area contributed by atoms with E-state index < -0.39 is 0 Å². The summed E-state index contributed by atoms with van der Waals surface area (Å²) in [6, 6.07) is 11.5. The van der Waals surface area contributed by atoms with E-state index in [4.69, 9.17) is 26.8 Å². The predicted molar refractivity (Wildman–Crippen MR) is 77.9 cm³/mol. The van der Waals surface area contributed by atoms with E-state index in [0.29, 0.717) is 23.1 Å². The van der Waals surface area contributed by atoms with E-state index in [9.17, 15) is 0 Å². The van der Waals surface area contributed by atoms with Crippen LogP contribution in [0.2, 0.25) is 5.02 Å². The van der Waals surface area contributed by atoms with Gasteiger partial charge in [0.05, 0.1) is 14.2 Å². The zero-order valence-corrected chi connectivity index (χ0v) is 11.7. The molecule has 0 unspecified atom stereocenters. The summed E-state index contributed by atoms with van der Waals surface area (Å²) in [5, 5.41) is 0.664. The van der Waals surface area contributed by atoms with Crippen molar-refractivity contribution in [3.05, 3.63) is 47.0 Å². The summed E-state index contributed by atoms with van der Waals surface area (Å²) in [5.74, 6) is 1.31. The average Bonchev–Trinajstić information content (AvgIpc) is 2.46. The predicted octanol–water partition coefficient (Wildman–Crippen LogP) is 3.48. The van der Waals surface area contributed by atoms with Crippen molar-refractivity contribution in [1.82, 2.24) is 0 Å². The van der Waals surface area contributed by atoms with E-state index in [0.717, 1.165) is 16.7 Å². The molecular weight excluding hydrogens is 262 g/mol. The van der Waals surface area contributed by atoms with Gasteiger partial charge in [-0.05, 0) is 23.8 Å². The molecule has 0 aliphatic rings. The lowest BCUT2D eigenvalue weighted by molar-refractivity contribution is 0.355. The van der Waals surface area contributed by atoms with E-state index in [2.05, 4.69) is 0 Å². The van der Waals surface area contributed by atoms with Gasteiger partial charge in [0, 0.05) is 22.7 Å². The third-order valence-electron chi connectivity index (χ3n) is 2.94. The first-order valence-corrected chi connectivity index (χ1v) is 6.29. The van der Waals surface area contributed by atoms with Gasteiger partial charge in [0.25, 0.3) is 0 Å². The number of rotatable bonds is 4. The lowest BCUT2D eigenvalue weighted by Gasteiger charge is -2.15. The van der Waals surface area contributed by atoms with Gasteiger partial charge in [0.1, 0.15) is 0 Å². The van der Waals surface area contributed by atoms with Crippen molar-refractivity contribution in [1.29, 1.82) is 0 Å². The second kappa shape index (κ2) is 5.95. The van der Waals surface area contributed by atoms with Crippen molar-refractivity contribution in [2.75, 3.05) is 14.2 Å². The molecule has 0 bridgehead atoms. The third-order valence-corrected chi connectivity index (χ3v) is 3.27. The molecule has 0 saturated carbocycles. The molecule has 0 aliphatic carbocycles. The van der Waals surface area contributed by atoms with Crippen LogP contribution in [-0.2, 0) is 6.54 Å². The molecule has 4 heteroatoms. The fourth-order valence-electron chi connectivity index (χ4n) is 2.02. The molecule has 0 atom stereocenters. The average molecular weight is 278 g/mol. The molecule has 0 aliphatic heterocycles. The van der Waals surface area contributed by atoms with Gasteiger partial charge in [0.15, 0.2) is 11.5 Å². The van der Waals surface area contributed by atoms with Crippen LogP contribution in [-0.4, -0.2) is 14.2 Å².